The molecule has 1 aromatic carbocycles. The van der Waals surface area contributed by atoms with Crippen LogP contribution < -0.4 is 4.74 Å². The largest absolute Gasteiger partial charge is 0.482 e. The molecular weight excluding hydrogens is 368 g/mol. The highest BCUT2D eigenvalue weighted by Crippen LogP contribution is 2.22. The van der Waals surface area contributed by atoms with Crippen molar-refractivity contribution in [1.29, 1.82) is 0 Å². The van der Waals surface area contributed by atoms with Crippen LogP contribution in [0.4, 0.5) is 0 Å². The predicted molar refractivity (Wildman–Crippen MR) is 107 cm³/mol. The first-order valence-corrected chi connectivity index (χ1v) is 9.59. The summed E-state index contributed by atoms with van der Waals surface area (Å²) in [5, 5.41) is 4.71. The quantitative estimate of drug-likeness (QED) is 0.581. The van der Waals surface area contributed by atoms with Crippen molar-refractivity contribution in [2.24, 2.45) is 0 Å². The van der Waals surface area contributed by atoms with E-state index >= 15 is 0 Å². The van der Waals surface area contributed by atoms with E-state index in [4.69, 9.17) is 9.84 Å². The van der Waals surface area contributed by atoms with Gasteiger partial charge in [0.05, 0.1) is 29.5 Å². The third-order valence-electron chi connectivity index (χ3n) is 5.00. The predicted octanol–water partition coefficient (Wildman–Crippen LogP) is 2.63. The Morgan fingerprint density at radius 1 is 1.17 bits per heavy atom. The summed E-state index contributed by atoms with van der Waals surface area (Å²) in [5.41, 5.74) is 3.68. The lowest BCUT2D eigenvalue weighted by molar-refractivity contribution is -0.134. The number of aromatic nitrogens is 5. The van der Waals surface area contributed by atoms with Crippen molar-refractivity contribution in [2.45, 2.75) is 19.5 Å². The number of imidazole rings is 1. The van der Waals surface area contributed by atoms with E-state index in [1.807, 2.05) is 39.9 Å². The molecule has 146 valence electrons. The molecule has 0 radical (unpaired) electrons. The minimum Gasteiger partial charge on any atom is -0.482 e. The fraction of sp³-hybridized carbons (Fsp3) is 0.238. The summed E-state index contributed by atoms with van der Waals surface area (Å²) in [6.45, 7) is 1.94. The van der Waals surface area contributed by atoms with Crippen LogP contribution in [0.2, 0.25) is 0 Å². The lowest BCUT2D eigenvalue weighted by atomic mass is 10.3. The third-order valence-corrected chi connectivity index (χ3v) is 5.00. The summed E-state index contributed by atoms with van der Waals surface area (Å²) in [6.07, 6.45) is 4.11. The summed E-state index contributed by atoms with van der Waals surface area (Å²) >= 11 is 0. The highest BCUT2D eigenvalue weighted by molar-refractivity contribution is 5.79. The van der Waals surface area contributed by atoms with Gasteiger partial charge < -0.3 is 14.6 Å². The van der Waals surface area contributed by atoms with Crippen molar-refractivity contribution >= 4 is 16.9 Å². The first-order valence-electron chi connectivity index (χ1n) is 9.59. The molecule has 1 amide bonds. The number of pyridine rings is 1. The summed E-state index contributed by atoms with van der Waals surface area (Å²) < 4.78 is 7.54. The van der Waals surface area contributed by atoms with Crippen LogP contribution in [0.25, 0.3) is 22.6 Å². The smallest absolute Gasteiger partial charge is 0.260 e. The molecule has 0 saturated heterocycles. The van der Waals surface area contributed by atoms with Crippen molar-refractivity contribution in [3.8, 4) is 17.3 Å². The number of carbonyl (C=O) groups excluding carboxylic acids is 1. The number of benzene rings is 1. The number of carbonyl (C=O) groups is 1. The van der Waals surface area contributed by atoms with Gasteiger partial charge in [-0.1, -0.05) is 12.1 Å². The van der Waals surface area contributed by atoms with E-state index in [-0.39, 0.29) is 12.5 Å². The molecule has 0 bridgehead atoms. The van der Waals surface area contributed by atoms with Gasteiger partial charge in [0.2, 0.25) is 0 Å². The van der Waals surface area contributed by atoms with E-state index < -0.39 is 0 Å². The first kappa shape index (κ1) is 17.4. The molecule has 8 nitrogen and oxygen atoms in total. The average molecular weight is 388 g/mol. The van der Waals surface area contributed by atoms with Crippen LogP contribution in [-0.4, -0.2) is 48.7 Å². The standard InChI is InChI=1S/C21H20N6O2/c28-20(14-29-16-5-3-8-22-12-16)26-9-4-10-27-15(13-26)11-19(25-27)21-23-17-6-1-2-7-18(17)24-21/h1-3,5-8,11-12H,4,9-10,13-14H2,(H,23,24). The van der Waals surface area contributed by atoms with Gasteiger partial charge in [0.25, 0.3) is 5.91 Å². The summed E-state index contributed by atoms with van der Waals surface area (Å²) in [7, 11) is 0. The van der Waals surface area contributed by atoms with Crippen LogP contribution >= 0.6 is 0 Å². The van der Waals surface area contributed by atoms with E-state index in [0.717, 1.165) is 41.2 Å². The van der Waals surface area contributed by atoms with Gasteiger partial charge in [-0.15, -0.1) is 0 Å². The Labute approximate surface area is 167 Å². The monoisotopic (exact) mass is 388 g/mol. The van der Waals surface area contributed by atoms with Crippen molar-refractivity contribution < 1.29 is 9.53 Å². The van der Waals surface area contributed by atoms with Crippen molar-refractivity contribution in [3.63, 3.8) is 0 Å². The zero-order valence-electron chi connectivity index (χ0n) is 15.8. The van der Waals surface area contributed by atoms with Gasteiger partial charge in [0, 0.05) is 19.3 Å². The first-order chi connectivity index (χ1) is 14.3. The van der Waals surface area contributed by atoms with E-state index in [0.29, 0.717) is 18.8 Å². The van der Waals surface area contributed by atoms with Crippen molar-refractivity contribution in [3.05, 3.63) is 60.6 Å². The van der Waals surface area contributed by atoms with Crippen LogP contribution in [0, 0.1) is 0 Å². The van der Waals surface area contributed by atoms with Crippen LogP contribution in [-0.2, 0) is 17.9 Å². The second-order valence-corrected chi connectivity index (χ2v) is 6.99. The Morgan fingerprint density at radius 3 is 2.97 bits per heavy atom. The molecule has 0 unspecified atom stereocenters. The van der Waals surface area contributed by atoms with Gasteiger partial charge in [-0.05, 0) is 36.8 Å². The molecule has 0 spiro atoms. The zero-order valence-corrected chi connectivity index (χ0v) is 15.8. The average Bonchev–Trinajstić information content (AvgIpc) is 3.31. The number of para-hydroxylation sites is 2. The van der Waals surface area contributed by atoms with Gasteiger partial charge in [0.1, 0.15) is 11.4 Å². The lowest BCUT2D eigenvalue weighted by Crippen LogP contribution is -2.34. The molecule has 1 N–H and O–H groups in total. The minimum absolute atomic E-state index is 0.00371. The summed E-state index contributed by atoms with van der Waals surface area (Å²) in [4.78, 5) is 26.4. The molecule has 0 aliphatic carbocycles. The number of amides is 1. The molecule has 0 fully saturated rings. The van der Waals surface area contributed by atoms with E-state index in [1.54, 1.807) is 24.5 Å². The van der Waals surface area contributed by atoms with E-state index in [2.05, 4.69) is 15.0 Å². The van der Waals surface area contributed by atoms with Gasteiger partial charge in [0.15, 0.2) is 12.4 Å². The van der Waals surface area contributed by atoms with Gasteiger partial charge in [-0.2, -0.15) is 5.10 Å². The number of hydrogen-bond acceptors (Lipinski definition) is 5. The molecule has 3 aromatic heterocycles. The Kier molecular flexibility index (Phi) is 4.44. The fourth-order valence-electron chi connectivity index (χ4n) is 3.53. The van der Waals surface area contributed by atoms with E-state index in [9.17, 15) is 4.79 Å². The number of nitrogens with one attached hydrogen (secondary N) is 1. The summed E-state index contributed by atoms with van der Waals surface area (Å²) in [6, 6.07) is 13.5. The number of H-pyrrole nitrogens is 1. The Morgan fingerprint density at radius 2 is 2.10 bits per heavy atom. The highest BCUT2D eigenvalue weighted by Gasteiger charge is 2.22. The molecule has 1 aliphatic rings. The van der Waals surface area contributed by atoms with Gasteiger partial charge >= 0.3 is 0 Å². The maximum atomic E-state index is 12.7. The second-order valence-electron chi connectivity index (χ2n) is 6.99. The van der Waals surface area contributed by atoms with E-state index in [1.165, 1.54) is 0 Å². The second kappa shape index (κ2) is 7.38. The number of aromatic amines is 1. The molecule has 4 heterocycles. The fourth-order valence-corrected chi connectivity index (χ4v) is 3.53. The number of nitrogens with zero attached hydrogens (tertiary/aromatic N) is 5. The Balaban J connectivity index is 1.32. The molecule has 0 saturated carbocycles. The van der Waals surface area contributed by atoms with Gasteiger partial charge in [-0.3, -0.25) is 14.5 Å². The summed E-state index contributed by atoms with van der Waals surface area (Å²) in [5.74, 6) is 1.28. The Bertz CT molecular complexity index is 1120. The molecular formula is C21H20N6O2. The highest BCUT2D eigenvalue weighted by atomic mass is 16.5. The molecule has 0 atom stereocenters. The molecule has 4 aromatic rings. The van der Waals surface area contributed by atoms with Crippen LogP contribution in [0.5, 0.6) is 5.75 Å². The maximum absolute atomic E-state index is 12.7. The zero-order chi connectivity index (χ0) is 19.6. The molecule has 1 aliphatic heterocycles. The molecule has 8 heteroatoms. The normalized spacial score (nSPS) is 13.9. The van der Waals surface area contributed by atoms with Crippen LogP contribution in [0.15, 0.2) is 54.9 Å². The van der Waals surface area contributed by atoms with Crippen molar-refractivity contribution in [2.75, 3.05) is 13.2 Å². The third kappa shape index (κ3) is 3.56. The number of aryl methyl sites for hydroxylation is 1. The number of fused-ring (bicyclic) bond motifs is 2. The van der Waals surface area contributed by atoms with Gasteiger partial charge in [-0.25, -0.2) is 4.98 Å². The molecule has 29 heavy (non-hydrogen) atoms. The SMILES string of the molecule is O=C(COc1cccnc1)N1CCCn2nc(-c3nc4ccccc4[nH]3)cc2C1. The number of rotatable bonds is 4. The van der Waals surface area contributed by atoms with Crippen LogP contribution in [0.1, 0.15) is 12.1 Å². The number of ether oxygens (including phenoxy) is 1. The topological polar surface area (TPSA) is 88.9 Å². The maximum Gasteiger partial charge on any atom is 0.260 e. The van der Waals surface area contributed by atoms with Crippen molar-refractivity contribution in [1.82, 2.24) is 29.6 Å². The van der Waals surface area contributed by atoms with Crippen LogP contribution in [0.3, 0.4) is 0 Å². The number of hydrogen-bond donors (Lipinski definition) is 1. The molecule has 5 rings (SSSR count). The Hall–Kier alpha value is -3.68. The minimum atomic E-state index is -0.0474. The lowest BCUT2D eigenvalue weighted by Gasteiger charge is -2.20.